The fourth-order valence-electron chi connectivity index (χ4n) is 2.41. The number of hydrogen-bond acceptors (Lipinski definition) is 2. The summed E-state index contributed by atoms with van der Waals surface area (Å²) >= 11 is 4.24. The quantitative estimate of drug-likeness (QED) is 0.498. The van der Waals surface area contributed by atoms with Crippen molar-refractivity contribution in [3.8, 4) is 0 Å². The average Bonchev–Trinajstić information content (AvgIpc) is 2.26. The Balaban J connectivity index is 0.00000121. The van der Waals surface area contributed by atoms with Gasteiger partial charge in [-0.25, -0.2) is 0 Å². The van der Waals surface area contributed by atoms with Crippen LogP contribution in [0.2, 0.25) is 0 Å². The normalized spacial score (nSPS) is 25.1. The first-order chi connectivity index (χ1) is 7.48. The van der Waals surface area contributed by atoms with Gasteiger partial charge in [0.1, 0.15) is 5.76 Å². The van der Waals surface area contributed by atoms with Crippen molar-refractivity contribution in [3.63, 3.8) is 0 Å². The van der Waals surface area contributed by atoms with E-state index in [1.165, 1.54) is 0 Å². The smallest absolute Gasteiger partial charge is 0.168 e. The summed E-state index contributed by atoms with van der Waals surface area (Å²) in [6, 6.07) is 0. The molecule has 0 unspecified atom stereocenters. The number of hydrogen-bond donors (Lipinski definition) is 1. The molecule has 0 saturated heterocycles. The number of aliphatic hydroxyl groups excluding tert-OH is 1. The standard InChI is InChI=1S/C13H22O2.I2/c1-8-9(14)11(2,3)13(6,7)12(4,5)10(8)15;1-2/h14H,1-7H3;. The van der Waals surface area contributed by atoms with Gasteiger partial charge in [-0.2, -0.15) is 0 Å². The number of aliphatic hydroxyl groups is 1. The van der Waals surface area contributed by atoms with Crippen LogP contribution in [0.25, 0.3) is 0 Å². The van der Waals surface area contributed by atoms with Crippen molar-refractivity contribution >= 4 is 43.0 Å². The van der Waals surface area contributed by atoms with Crippen LogP contribution in [-0.4, -0.2) is 10.9 Å². The number of rotatable bonds is 0. The molecule has 0 bridgehead atoms. The van der Waals surface area contributed by atoms with Gasteiger partial charge in [0.05, 0.1) is 0 Å². The van der Waals surface area contributed by atoms with Crippen molar-refractivity contribution in [1.29, 1.82) is 0 Å². The van der Waals surface area contributed by atoms with Gasteiger partial charge in [-0.3, -0.25) is 4.79 Å². The Morgan fingerprint density at radius 3 is 1.65 bits per heavy atom. The first-order valence-electron chi connectivity index (χ1n) is 5.57. The molecule has 0 spiro atoms. The Hall–Kier alpha value is 0.670. The van der Waals surface area contributed by atoms with Crippen LogP contribution in [0.5, 0.6) is 0 Å². The SMILES string of the molecule is CC1=C(O)C(C)(C)C(C)(C)C(C)(C)C1=O.II. The lowest BCUT2D eigenvalue weighted by Gasteiger charge is -2.54. The van der Waals surface area contributed by atoms with E-state index in [1.54, 1.807) is 6.92 Å². The maximum atomic E-state index is 12.1. The number of carbonyl (C=O) groups excluding carboxylic acids is 1. The number of ketones is 1. The van der Waals surface area contributed by atoms with Crippen molar-refractivity contribution in [1.82, 2.24) is 0 Å². The molecule has 0 amide bonds. The number of halogens is 2. The molecule has 0 fully saturated rings. The fourth-order valence-corrected chi connectivity index (χ4v) is 2.41. The summed E-state index contributed by atoms with van der Waals surface area (Å²) in [5.41, 5.74) is -0.550. The number of Topliss-reactive ketones (excluding diaryl/α,β-unsaturated/α-hetero) is 1. The van der Waals surface area contributed by atoms with E-state index in [2.05, 4.69) is 37.2 Å². The zero-order chi connectivity index (χ0) is 14.2. The molecule has 1 N–H and O–H groups in total. The highest BCUT2D eigenvalue weighted by Crippen LogP contribution is 2.58. The highest BCUT2D eigenvalue weighted by atomic mass is 128. The van der Waals surface area contributed by atoms with E-state index in [-0.39, 0.29) is 22.4 Å². The Labute approximate surface area is 128 Å². The van der Waals surface area contributed by atoms with Crippen LogP contribution in [-0.2, 0) is 4.79 Å². The molecule has 0 aromatic carbocycles. The van der Waals surface area contributed by atoms with Crippen molar-refractivity contribution in [2.24, 2.45) is 16.2 Å². The molecule has 0 aliphatic heterocycles. The summed E-state index contributed by atoms with van der Waals surface area (Å²) < 4.78 is 0. The zero-order valence-corrected chi connectivity index (χ0v) is 15.9. The van der Waals surface area contributed by atoms with Crippen LogP contribution in [0.4, 0.5) is 0 Å². The lowest BCUT2D eigenvalue weighted by Crippen LogP contribution is -2.53. The van der Waals surface area contributed by atoms with Crippen LogP contribution in [0, 0.1) is 16.2 Å². The lowest BCUT2D eigenvalue weighted by molar-refractivity contribution is -0.139. The number of carbonyl (C=O) groups is 1. The van der Waals surface area contributed by atoms with E-state index in [9.17, 15) is 9.90 Å². The van der Waals surface area contributed by atoms with E-state index >= 15 is 0 Å². The summed E-state index contributed by atoms with van der Waals surface area (Å²) in [6.45, 7) is 13.7. The van der Waals surface area contributed by atoms with Crippen molar-refractivity contribution in [2.45, 2.75) is 48.5 Å². The third kappa shape index (κ3) is 2.40. The zero-order valence-electron chi connectivity index (χ0n) is 11.6. The van der Waals surface area contributed by atoms with E-state index in [4.69, 9.17) is 0 Å². The van der Waals surface area contributed by atoms with E-state index in [0.717, 1.165) is 0 Å². The highest BCUT2D eigenvalue weighted by molar-refractivity contribution is 15.0. The largest absolute Gasteiger partial charge is 0.511 e. The second-order valence-corrected chi connectivity index (χ2v) is 6.18. The fraction of sp³-hybridized carbons (Fsp3) is 0.769. The topological polar surface area (TPSA) is 37.3 Å². The Morgan fingerprint density at radius 2 is 1.29 bits per heavy atom. The first kappa shape index (κ1) is 17.7. The molecule has 100 valence electrons. The van der Waals surface area contributed by atoms with Crippen LogP contribution in [0.3, 0.4) is 0 Å². The van der Waals surface area contributed by atoms with Crippen LogP contribution < -0.4 is 0 Å². The molecule has 2 nitrogen and oxygen atoms in total. The van der Waals surface area contributed by atoms with E-state index in [0.29, 0.717) is 5.57 Å². The molecule has 0 aromatic heterocycles. The second kappa shape index (κ2) is 5.35. The Bertz CT molecular complexity index is 352. The van der Waals surface area contributed by atoms with Gasteiger partial charge >= 0.3 is 0 Å². The minimum atomic E-state index is -0.438. The van der Waals surface area contributed by atoms with Gasteiger partial charge in [-0.1, -0.05) is 41.5 Å². The molecule has 1 aliphatic rings. The van der Waals surface area contributed by atoms with Gasteiger partial charge in [0.15, 0.2) is 5.78 Å². The molecule has 0 saturated carbocycles. The van der Waals surface area contributed by atoms with E-state index in [1.807, 2.05) is 41.5 Å². The minimum Gasteiger partial charge on any atom is -0.511 e. The molecule has 0 aromatic rings. The van der Waals surface area contributed by atoms with Crippen molar-refractivity contribution in [3.05, 3.63) is 11.3 Å². The van der Waals surface area contributed by atoms with Crippen LogP contribution in [0.1, 0.15) is 48.5 Å². The van der Waals surface area contributed by atoms with Gasteiger partial charge in [0.25, 0.3) is 0 Å². The van der Waals surface area contributed by atoms with E-state index < -0.39 is 5.41 Å². The van der Waals surface area contributed by atoms with Crippen molar-refractivity contribution < 1.29 is 9.90 Å². The van der Waals surface area contributed by atoms with Crippen LogP contribution in [0.15, 0.2) is 11.3 Å². The van der Waals surface area contributed by atoms with Gasteiger partial charge in [0.2, 0.25) is 0 Å². The number of allylic oxidation sites excluding steroid dienone is 2. The molecule has 0 atom stereocenters. The molecular weight excluding hydrogens is 442 g/mol. The van der Waals surface area contributed by atoms with Gasteiger partial charge in [-0.15, -0.1) is 0 Å². The highest BCUT2D eigenvalue weighted by Gasteiger charge is 2.57. The summed E-state index contributed by atoms with van der Waals surface area (Å²) in [4.78, 5) is 12.1. The predicted octanol–water partition coefficient (Wildman–Crippen LogP) is 5.25. The van der Waals surface area contributed by atoms with Gasteiger partial charge < -0.3 is 5.11 Å². The molecule has 1 rings (SSSR count). The van der Waals surface area contributed by atoms with Gasteiger partial charge in [-0.05, 0) is 12.3 Å². The predicted molar refractivity (Wildman–Crippen MR) is 89.7 cm³/mol. The molecule has 0 radical (unpaired) electrons. The summed E-state index contributed by atoms with van der Waals surface area (Å²) in [5, 5.41) is 10.1. The third-order valence-corrected chi connectivity index (χ3v) is 4.98. The Kier molecular flexibility index (Phi) is 5.56. The van der Waals surface area contributed by atoms with Gasteiger partial charge in [0, 0.05) is 53.6 Å². The lowest BCUT2D eigenvalue weighted by atomic mass is 9.49. The monoisotopic (exact) mass is 464 g/mol. The summed E-state index contributed by atoms with van der Waals surface area (Å²) in [6.07, 6.45) is 0. The summed E-state index contributed by atoms with van der Waals surface area (Å²) in [5.74, 6) is 0.307. The molecular formula is C13H22I2O2. The third-order valence-electron chi connectivity index (χ3n) is 4.98. The average molecular weight is 464 g/mol. The minimum absolute atomic E-state index is 0.0596. The second-order valence-electron chi connectivity index (χ2n) is 6.18. The molecule has 17 heavy (non-hydrogen) atoms. The maximum Gasteiger partial charge on any atom is 0.168 e. The maximum absolute atomic E-state index is 12.1. The first-order valence-corrected chi connectivity index (χ1v) is 11.9. The van der Waals surface area contributed by atoms with Crippen LogP contribution >= 0.6 is 37.2 Å². The van der Waals surface area contributed by atoms with Crippen molar-refractivity contribution in [2.75, 3.05) is 0 Å². The molecule has 1 aliphatic carbocycles. The summed E-state index contributed by atoms with van der Waals surface area (Å²) in [7, 11) is 0. The Morgan fingerprint density at radius 1 is 0.941 bits per heavy atom. The molecule has 4 heteroatoms. The molecule has 0 heterocycles.